The Morgan fingerprint density at radius 2 is 2.18 bits per heavy atom. The topological polar surface area (TPSA) is 52.5 Å². The molecule has 0 saturated heterocycles. The Hall–Kier alpha value is -1.51. The van der Waals surface area contributed by atoms with E-state index in [1.807, 2.05) is 19.1 Å². The highest BCUT2D eigenvalue weighted by Crippen LogP contribution is 2.34. The zero-order valence-corrected chi connectivity index (χ0v) is 6.20. The van der Waals surface area contributed by atoms with Crippen molar-refractivity contribution in [1.29, 1.82) is 0 Å². The van der Waals surface area contributed by atoms with Crippen LogP contribution in [0.25, 0.3) is 0 Å². The third-order valence-corrected chi connectivity index (χ3v) is 1.84. The van der Waals surface area contributed by atoms with Crippen molar-refractivity contribution in [3.8, 4) is 0 Å². The average Bonchev–Trinajstić information content (AvgIpc) is 2.45. The molecule has 0 fully saturated rings. The molecule has 3 nitrogen and oxygen atoms in total. The lowest BCUT2D eigenvalue weighted by Crippen LogP contribution is -1.94. The fourth-order valence-corrected chi connectivity index (χ4v) is 1.12. The van der Waals surface area contributed by atoms with Crippen LogP contribution in [0.4, 0.5) is 17.1 Å². The first-order valence-corrected chi connectivity index (χ1v) is 3.41. The van der Waals surface area contributed by atoms with Crippen molar-refractivity contribution in [3.05, 3.63) is 17.7 Å². The summed E-state index contributed by atoms with van der Waals surface area (Å²) in [5.74, 6) is 0. The number of hydrogen-bond donors (Lipinski definition) is 1. The summed E-state index contributed by atoms with van der Waals surface area (Å²) in [7, 11) is 0. The predicted molar refractivity (Wildman–Crippen MR) is 45.5 cm³/mol. The number of benzene rings is 1. The van der Waals surface area contributed by atoms with Gasteiger partial charge in [-0.2, -0.15) is 0 Å². The van der Waals surface area contributed by atoms with Gasteiger partial charge in [0.25, 0.3) is 0 Å². The fraction of sp³-hybridized carbons (Fsp3) is 0.125. The van der Waals surface area contributed by atoms with Crippen LogP contribution in [0.15, 0.2) is 17.1 Å². The molecule has 0 amide bonds. The van der Waals surface area contributed by atoms with Crippen LogP contribution in [-0.2, 0) is 0 Å². The monoisotopic (exact) mass is 146 g/mol. The van der Waals surface area contributed by atoms with Gasteiger partial charge in [-0.15, -0.1) is 0 Å². The van der Waals surface area contributed by atoms with E-state index in [9.17, 15) is 0 Å². The zero-order chi connectivity index (χ0) is 7.84. The van der Waals surface area contributed by atoms with E-state index >= 15 is 0 Å². The maximum absolute atomic E-state index is 5.68. The molecule has 0 spiro atoms. The highest BCUT2D eigenvalue weighted by molar-refractivity contribution is 5.86. The average molecular weight is 146 g/mol. The van der Waals surface area contributed by atoms with E-state index in [1.165, 1.54) is 0 Å². The first kappa shape index (κ1) is 6.22. The second-order valence-electron chi connectivity index (χ2n) is 2.52. The third kappa shape index (κ3) is 0.774. The van der Waals surface area contributed by atoms with Gasteiger partial charge < -0.3 is 5.73 Å². The SMILES string of the molecule is Cc1c(N)ccc2c1[N]C=N2. The smallest absolute Gasteiger partial charge is 0.116 e. The van der Waals surface area contributed by atoms with Crippen molar-refractivity contribution in [2.24, 2.45) is 4.99 Å². The molecule has 2 rings (SSSR count). The second kappa shape index (κ2) is 1.99. The lowest BCUT2D eigenvalue weighted by Gasteiger charge is -2.03. The molecule has 3 heteroatoms. The fourth-order valence-electron chi connectivity index (χ4n) is 1.12. The van der Waals surface area contributed by atoms with E-state index in [1.54, 1.807) is 6.34 Å². The van der Waals surface area contributed by atoms with E-state index in [4.69, 9.17) is 5.73 Å². The van der Waals surface area contributed by atoms with Gasteiger partial charge in [-0.25, -0.2) is 10.3 Å². The molecular formula is C8H8N3. The first-order valence-electron chi connectivity index (χ1n) is 3.41. The number of anilines is 1. The summed E-state index contributed by atoms with van der Waals surface area (Å²) in [6.45, 7) is 1.95. The van der Waals surface area contributed by atoms with E-state index in [-0.39, 0.29) is 0 Å². The molecule has 0 bridgehead atoms. The van der Waals surface area contributed by atoms with Crippen molar-refractivity contribution in [2.75, 3.05) is 5.73 Å². The number of fused-ring (bicyclic) bond motifs is 1. The van der Waals surface area contributed by atoms with Gasteiger partial charge in [-0.3, -0.25) is 0 Å². The molecule has 0 unspecified atom stereocenters. The summed E-state index contributed by atoms with van der Waals surface area (Å²) in [6, 6.07) is 3.73. The molecule has 0 saturated carbocycles. The van der Waals surface area contributed by atoms with Crippen LogP contribution in [0.5, 0.6) is 0 Å². The van der Waals surface area contributed by atoms with E-state index in [2.05, 4.69) is 10.3 Å². The number of rotatable bonds is 0. The largest absolute Gasteiger partial charge is 0.398 e. The summed E-state index contributed by atoms with van der Waals surface area (Å²) in [5.41, 5.74) is 9.29. The van der Waals surface area contributed by atoms with Crippen LogP contribution >= 0.6 is 0 Å². The molecule has 1 radical (unpaired) electrons. The van der Waals surface area contributed by atoms with Crippen molar-refractivity contribution in [3.63, 3.8) is 0 Å². The Kier molecular flexibility index (Phi) is 1.12. The van der Waals surface area contributed by atoms with E-state index < -0.39 is 0 Å². The molecule has 0 atom stereocenters. The van der Waals surface area contributed by atoms with Crippen molar-refractivity contribution >= 4 is 23.4 Å². The van der Waals surface area contributed by atoms with Gasteiger partial charge in [0.2, 0.25) is 0 Å². The van der Waals surface area contributed by atoms with Gasteiger partial charge in [0.1, 0.15) is 6.34 Å². The number of nitrogens with two attached hydrogens (primary N) is 1. The van der Waals surface area contributed by atoms with Gasteiger partial charge in [0.15, 0.2) is 0 Å². The number of aliphatic imine (C=N–C) groups is 1. The van der Waals surface area contributed by atoms with Crippen LogP contribution in [0.1, 0.15) is 5.56 Å². The molecule has 55 valence electrons. The Morgan fingerprint density at radius 3 is 3.00 bits per heavy atom. The Morgan fingerprint density at radius 1 is 1.36 bits per heavy atom. The van der Waals surface area contributed by atoms with E-state index in [0.29, 0.717) is 0 Å². The second-order valence-corrected chi connectivity index (χ2v) is 2.52. The minimum atomic E-state index is 0.776. The summed E-state index contributed by atoms with van der Waals surface area (Å²) < 4.78 is 0. The van der Waals surface area contributed by atoms with Crippen LogP contribution in [-0.4, -0.2) is 6.34 Å². The van der Waals surface area contributed by atoms with Crippen molar-refractivity contribution in [2.45, 2.75) is 6.92 Å². The van der Waals surface area contributed by atoms with Gasteiger partial charge in [0, 0.05) is 5.69 Å². The lowest BCUT2D eigenvalue weighted by molar-refractivity contribution is 1.30. The highest BCUT2D eigenvalue weighted by atomic mass is 15.0. The first-order chi connectivity index (χ1) is 5.29. The zero-order valence-electron chi connectivity index (χ0n) is 6.20. The van der Waals surface area contributed by atoms with Gasteiger partial charge in [0.05, 0.1) is 11.4 Å². The molecular weight excluding hydrogens is 138 g/mol. The van der Waals surface area contributed by atoms with Crippen molar-refractivity contribution in [1.82, 2.24) is 5.32 Å². The maximum Gasteiger partial charge on any atom is 0.116 e. The maximum atomic E-state index is 5.68. The lowest BCUT2D eigenvalue weighted by atomic mass is 10.1. The van der Waals surface area contributed by atoms with Gasteiger partial charge in [-0.05, 0) is 24.6 Å². The minimum Gasteiger partial charge on any atom is -0.398 e. The summed E-state index contributed by atoms with van der Waals surface area (Å²) >= 11 is 0. The number of hydrogen-bond acceptors (Lipinski definition) is 2. The Labute approximate surface area is 64.9 Å². The van der Waals surface area contributed by atoms with Crippen LogP contribution in [0, 0.1) is 6.92 Å². The number of nitrogen functional groups attached to an aromatic ring is 1. The normalized spacial score (nSPS) is 12.8. The third-order valence-electron chi connectivity index (χ3n) is 1.84. The standard InChI is InChI=1S/C8H8N3/c1-5-6(9)2-3-7-8(5)11-4-10-7/h2-4H,9H2,1H3. The van der Waals surface area contributed by atoms with Crippen LogP contribution < -0.4 is 11.1 Å². The molecule has 0 aliphatic carbocycles. The molecule has 1 aliphatic rings. The molecule has 1 heterocycles. The molecule has 11 heavy (non-hydrogen) atoms. The Bertz CT molecular complexity index is 328. The summed E-state index contributed by atoms with van der Waals surface area (Å²) in [6.07, 6.45) is 1.55. The van der Waals surface area contributed by atoms with Gasteiger partial charge >= 0.3 is 0 Å². The Balaban J connectivity index is 2.67. The molecule has 0 aromatic heterocycles. The van der Waals surface area contributed by atoms with E-state index in [0.717, 1.165) is 22.6 Å². The molecule has 1 aliphatic heterocycles. The minimum absolute atomic E-state index is 0.776. The number of nitrogens with zero attached hydrogens (tertiary/aromatic N) is 2. The molecule has 1 aromatic carbocycles. The van der Waals surface area contributed by atoms with Crippen molar-refractivity contribution < 1.29 is 0 Å². The molecule has 2 N–H and O–H groups in total. The highest BCUT2D eigenvalue weighted by Gasteiger charge is 2.11. The molecule has 1 aromatic rings. The van der Waals surface area contributed by atoms with Crippen LogP contribution in [0.3, 0.4) is 0 Å². The predicted octanol–water partition coefficient (Wildman–Crippen LogP) is 1.49. The quantitative estimate of drug-likeness (QED) is 0.554. The van der Waals surface area contributed by atoms with Gasteiger partial charge in [-0.1, -0.05) is 0 Å². The van der Waals surface area contributed by atoms with Crippen LogP contribution in [0.2, 0.25) is 0 Å². The summed E-state index contributed by atoms with van der Waals surface area (Å²) in [4.78, 5) is 4.05. The summed E-state index contributed by atoms with van der Waals surface area (Å²) in [5, 5.41) is 4.09.